The van der Waals surface area contributed by atoms with Gasteiger partial charge in [0.15, 0.2) is 16.8 Å². The van der Waals surface area contributed by atoms with E-state index in [1.807, 2.05) is 36.6 Å². The van der Waals surface area contributed by atoms with Gasteiger partial charge in [0.25, 0.3) is 0 Å². The predicted octanol–water partition coefficient (Wildman–Crippen LogP) is 5.55. The number of rotatable bonds is 9. The van der Waals surface area contributed by atoms with Gasteiger partial charge in [-0.1, -0.05) is 17.8 Å². The maximum Gasteiger partial charge on any atom is 0.196 e. The van der Waals surface area contributed by atoms with E-state index < -0.39 is 0 Å². The normalized spacial score (nSPS) is 12.2. The topological polar surface area (TPSA) is 74.8 Å². The number of ether oxygens (including phenoxy) is 1. The highest BCUT2D eigenvalue weighted by Crippen LogP contribution is 2.30. The monoisotopic (exact) mass is 489 g/mol. The minimum absolute atomic E-state index is 0.0686. The third kappa shape index (κ3) is 5.09. The van der Waals surface area contributed by atoms with Crippen LogP contribution in [0.4, 0.5) is 0 Å². The number of nitrogens with zero attached hydrogens (tertiary/aromatic N) is 5. The number of carbonyl (C=O) groups is 1. The Morgan fingerprint density at radius 1 is 1.03 bits per heavy atom. The first-order valence-electron chi connectivity index (χ1n) is 11.6. The molecule has 1 aromatic carbocycles. The molecule has 3 aromatic heterocycles. The Hall–Kier alpha value is -3.23. The number of pyridine rings is 1. The van der Waals surface area contributed by atoms with Gasteiger partial charge in [-0.15, -0.1) is 10.2 Å². The molecule has 4 aromatic rings. The molecule has 0 aliphatic rings. The minimum atomic E-state index is 0.0686. The van der Waals surface area contributed by atoms with Crippen molar-refractivity contribution in [3.63, 3.8) is 0 Å². The zero-order chi connectivity index (χ0) is 25.1. The van der Waals surface area contributed by atoms with E-state index in [0.29, 0.717) is 11.8 Å². The maximum atomic E-state index is 13.3. The van der Waals surface area contributed by atoms with E-state index in [0.717, 1.165) is 34.0 Å². The lowest BCUT2D eigenvalue weighted by atomic mass is 10.1. The van der Waals surface area contributed by atoms with Crippen molar-refractivity contribution in [2.45, 2.75) is 45.8 Å². The quantitative estimate of drug-likeness (QED) is 0.227. The van der Waals surface area contributed by atoms with Gasteiger partial charge in [0, 0.05) is 42.0 Å². The van der Waals surface area contributed by atoms with Gasteiger partial charge >= 0.3 is 0 Å². The van der Waals surface area contributed by atoms with Crippen molar-refractivity contribution in [2.24, 2.45) is 0 Å². The average Bonchev–Trinajstić information content (AvgIpc) is 3.40. The van der Waals surface area contributed by atoms with E-state index in [-0.39, 0.29) is 17.6 Å². The molecular formula is C27H31N5O2S. The molecule has 7 nitrogen and oxygen atoms in total. The van der Waals surface area contributed by atoms with E-state index in [2.05, 4.69) is 58.7 Å². The molecule has 3 heterocycles. The highest BCUT2D eigenvalue weighted by atomic mass is 32.2. The Kier molecular flexibility index (Phi) is 7.52. The van der Waals surface area contributed by atoms with E-state index >= 15 is 0 Å². The number of carbonyl (C=O) groups excluding carboxylic acids is 1. The van der Waals surface area contributed by atoms with E-state index in [4.69, 9.17) is 4.74 Å². The molecule has 0 amide bonds. The molecule has 8 heteroatoms. The molecule has 0 saturated carbocycles. The molecule has 0 fully saturated rings. The van der Waals surface area contributed by atoms with Crippen molar-refractivity contribution in [1.29, 1.82) is 0 Å². The second-order valence-electron chi connectivity index (χ2n) is 8.82. The average molecular weight is 490 g/mol. The summed E-state index contributed by atoms with van der Waals surface area (Å²) in [5.41, 5.74) is 7.04. The Bertz CT molecular complexity index is 1340. The van der Waals surface area contributed by atoms with Gasteiger partial charge in [0.2, 0.25) is 0 Å². The fourth-order valence-corrected chi connectivity index (χ4v) is 5.25. The van der Waals surface area contributed by atoms with Crippen molar-refractivity contribution in [1.82, 2.24) is 24.3 Å². The van der Waals surface area contributed by atoms with Gasteiger partial charge in [-0.25, -0.2) is 0 Å². The lowest BCUT2D eigenvalue weighted by Gasteiger charge is -2.17. The van der Waals surface area contributed by atoms with Crippen LogP contribution in [0.25, 0.3) is 17.1 Å². The first kappa shape index (κ1) is 24.9. The molecular weight excluding hydrogens is 458 g/mol. The van der Waals surface area contributed by atoms with Crippen LogP contribution in [0.3, 0.4) is 0 Å². The van der Waals surface area contributed by atoms with Gasteiger partial charge in [0.1, 0.15) is 0 Å². The molecule has 0 saturated heterocycles. The van der Waals surface area contributed by atoms with Crippen LogP contribution >= 0.6 is 11.8 Å². The second-order valence-corrected chi connectivity index (χ2v) is 9.76. The number of methoxy groups -OCH3 is 1. The summed E-state index contributed by atoms with van der Waals surface area (Å²) in [6.07, 6.45) is 3.48. The van der Waals surface area contributed by atoms with Crippen LogP contribution in [0.15, 0.2) is 53.9 Å². The van der Waals surface area contributed by atoms with Crippen molar-refractivity contribution in [2.75, 3.05) is 19.5 Å². The molecule has 0 radical (unpaired) electrons. The fraction of sp³-hybridized carbons (Fsp3) is 0.333. The van der Waals surface area contributed by atoms with Gasteiger partial charge in [0.05, 0.1) is 24.1 Å². The van der Waals surface area contributed by atoms with Crippen LogP contribution in [-0.2, 0) is 4.74 Å². The van der Waals surface area contributed by atoms with E-state index in [9.17, 15) is 4.79 Å². The highest BCUT2D eigenvalue weighted by molar-refractivity contribution is 7.99. The Balaban J connectivity index is 1.65. The smallest absolute Gasteiger partial charge is 0.196 e. The number of aryl methyl sites for hydroxylation is 3. The van der Waals surface area contributed by atoms with Gasteiger partial charge < -0.3 is 9.30 Å². The van der Waals surface area contributed by atoms with E-state index in [1.165, 1.54) is 22.9 Å². The molecule has 0 N–H and O–H groups in total. The van der Waals surface area contributed by atoms with Gasteiger partial charge in [-0.05, 0) is 76.1 Å². The second kappa shape index (κ2) is 10.6. The standard InChI is InChI=1S/C27H31N5O2S/c1-17-7-8-23(13-18(17)2)32-26(22-9-11-28-12-10-22)29-30-27(32)35-16-25(33)24-14-19(3)31(21(24)5)20(4)15-34-6/h7-14,20H,15-16H2,1-6H3. The zero-order valence-corrected chi connectivity index (χ0v) is 21.9. The van der Waals surface area contributed by atoms with Crippen molar-refractivity contribution in [3.05, 3.63) is 76.9 Å². The zero-order valence-electron chi connectivity index (χ0n) is 21.1. The first-order valence-corrected chi connectivity index (χ1v) is 12.6. The number of aromatic nitrogens is 5. The molecule has 1 atom stereocenters. The van der Waals surface area contributed by atoms with Crippen molar-refractivity contribution in [3.8, 4) is 17.1 Å². The lowest BCUT2D eigenvalue weighted by molar-refractivity contribution is 0.102. The fourth-order valence-electron chi connectivity index (χ4n) is 4.41. The largest absolute Gasteiger partial charge is 0.383 e. The van der Waals surface area contributed by atoms with Crippen molar-refractivity contribution >= 4 is 17.5 Å². The Morgan fingerprint density at radius 2 is 1.77 bits per heavy atom. The number of benzene rings is 1. The third-order valence-electron chi connectivity index (χ3n) is 6.29. The molecule has 0 aliphatic heterocycles. The summed E-state index contributed by atoms with van der Waals surface area (Å²) in [5.74, 6) is 1.05. The summed E-state index contributed by atoms with van der Waals surface area (Å²) in [4.78, 5) is 17.4. The van der Waals surface area contributed by atoms with Crippen LogP contribution in [-0.4, -0.2) is 49.6 Å². The van der Waals surface area contributed by atoms with Crippen molar-refractivity contribution < 1.29 is 9.53 Å². The van der Waals surface area contributed by atoms with Crippen LogP contribution in [0.2, 0.25) is 0 Å². The Labute approximate surface area is 210 Å². The van der Waals surface area contributed by atoms with Crippen LogP contribution < -0.4 is 0 Å². The molecule has 4 rings (SSSR count). The molecule has 0 aliphatic carbocycles. The Morgan fingerprint density at radius 3 is 2.46 bits per heavy atom. The predicted molar refractivity (Wildman–Crippen MR) is 140 cm³/mol. The van der Waals surface area contributed by atoms with Gasteiger partial charge in [-0.3, -0.25) is 14.3 Å². The van der Waals surface area contributed by atoms with Crippen LogP contribution in [0, 0.1) is 27.7 Å². The summed E-state index contributed by atoms with van der Waals surface area (Å²) >= 11 is 1.40. The molecule has 0 spiro atoms. The summed E-state index contributed by atoms with van der Waals surface area (Å²) in [6.45, 7) is 10.9. The van der Waals surface area contributed by atoms with E-state index in [1.54, 1.807) is 19.5 Å². The highest BCUT2D eigenvalue weighted by Gasteiger charge is 2.21. The summed E-state index contributed by atoms with van der Waals surface area (Å²) in [7, 11) is 1.69. The number of ketones is 1. The molecule has 182 valence electrons. The number of Topliss-reactive ketones (excluding diaryl/α,β-unsaturated/α-hetero) is 1. The third-order valence-corrected chi connectivity index (χ3v) is 7.22. The minimum Gasteiger partial charge on any atom is -0.383 e. The number of hydrogen-bond acceptors (Lipinski definition) is 6. The van der Waals surface area contributed by atoms with Crippen LogP contribution in [0.1, 0.15) is 45.8 Å². The van der Waals surface area contributed by atoms with Crippen LogP contribution in [0.5, 0.6) is 0 Å². The lowest BCUT2D eigenvalue weighted by Crippen LogP contribution is -2.14. The SMILES string of the molecule is COCC(C)n1c(C)cc(C(=O)CSc2nnc(-c3ccncc3)n2-c2ccc(C)c(C)c2)c1C. The molecule has 35 heavy (non-hydrogen) atoms. The number of thioether (sulfide) groups is 1. The maximum absolute atomic E-state index is 13.3. The first-order chi connectivity index (χ1) is 16.8. The summed E-state index contributed by atoms with van der Waals surface area (Å²) in [5, 5.41) is 9.62. The molecule has 1 unspecified atom stereocenters. The number of hydrogen-bond donors (Lipinski definition) is 0. The summed E-state index contributed by atoms with van der Waals surface area (Å²) in [6, 6.07) is 12.2. The molecule has 0 bridgehead atoms. The summed E-state index contributed by atoms with van der Waals surface area (Å²) < 4.78 is 9.51. The van der Waals surface area contributed by atoms with Gasteiger partial charge in [-0.2, -0.15) is 0 Å².